The van der Waals surface area contributed by atoms with Gasteiger partial charge in [-0.15, -0.1) is 11.3 Å². The van der Waals surface area contributed by atoms with Gasteiger partial charge in [0.1, 0.15) is 5.69 Å². The number of rotatable bonds is 5. The predicted molar refractivity (Wildman–Crippen MR) is 120 cm³/mol. The first-order valence-corrected chi connectivity index (χ1v) is 10.9. The molecule has 150 valence electrons. The lowest BCUT2D eigenvalue weighted by Gasteiger charge is -2.14. The Balaban J connectivity index is 1.49. The highest BCUT2D eigenvalue weighted by molar-refractivity contribution is 7.13. The quantitative estimate of drug-likeness (QED) is 0.516. The number of likely N-dealkylation sites (tertiary alicyclic amines) is 1. The van der Waals surface area contributed by atoms with Crippen molar-refractivity contribution in [1.82, 2.24) is 19.9 Å². The van der Waals surface area contributed by atoms with Gasteiger partial charge in [-0.05, 0) is 49.7 Å². The van der Waals surface area contributed by atoms with Gasteiger partial charge in [0, 0.05) is 35.3 Å². The van der Waals surface area contributed by atoms with Crippen LogP contribution in [0.25, 0.3) is 22.0 Å². The maximum atomic E-state index is 12.6. The van der Waals surface area contributed by atoms with Crippen molar-refractivity contribution in [2.24, 2.45) is 0 Å². The normalized spacial score (nSPS) is 14.3. The number of anilines is 1. The molecule has 5 rings (SSSR count). The van der Waals surface area contributed by atoms with Crippen LogP contribution in [0.5, 0.6) is 0 Å². The van der Waals surface area contributed by atoms with Gasteiger partial charge >= 0.3 is 0 Å². The number of fused-ring (bicyclic) bond motifs is 1. The summed E-state index contributed by atoms with van der Waals surface area (Å²) in [5.41, 5.74) is 4.31. The Morgan fingerprint density at radius 3 is 2.80 bits per heavy atom. The Kier molecular flexibility index (Phi) is 5.21. The second kappa shape index (κ2) is 8.30. The van der Waals surface area contributed by atoms with Crippen LogP contribution in [0.2, 0.25) is 0 Å². The highest BCUT2D eigenvalue weighted by atomic mass is 32.1. The van der Waals surface area contributed by atoms with Crippen molar-refractivity contribution >= 4 is 33.3 Å². The average molecular weight is 416 g/mol. The fourth-order valence-corrected chi connectivity index (χ4v) is 4.38. The summed E-state index contributed by atoms with van der Waals surface area (Å²) in [5.74, 6) is -0.258. The fraction of sp³-hybridized carbons (Fsp3) is 0.217. The van der Waals surface area contributed by atoms with Crippen molar-refractivity contribution in [3.8, 4) is 11.1 Å². The van der Waals surface area contributed by atoms with E-state index in [1.165, 1.54) is 24.2 Å². The third kappa shape index (κ3) is 3.94. The molecule has 4 heterocycles. The van der Waals surface area contributed by atoms with Crippen LogP contribution in [0.15, 0.2) is 60.2 Å². The number of thiazole rings is 1. The second-order valence-corrected chi connectivity index (χ2v) is 8.28. The molecule has 0 aliphatic carbocycles. The van der Waals surface area contributed by atoms with E-state index in [9.17, 15) is 4.79 Å². The lowest BCUT2D eigenvalue weighted by atomic mass is 10.0. The Morgan fingerprint density at radius 2 is 1.97 bits per heavy atom. The van der Waals surface area contributed by atoms with Crippen LogP contribution in [0.3, 0.4) is 0 Å². The molecule has 1 fully saturated rings. The number of nitrogens with zero attached hydrogens (tertiary/aromatic N) is 4. The first kappa shape index (κ1) is 18.8. The van der Waals surface area contributed by atoms with Gasteiger partial charge in [0.05, 0.1) is 11.2 Å². The number of nitrogens with one attached hydrogen (secondary N) is 1. The highest BCUT2D eigenvalue weighted by Gasteiger charge is 2.15. The van der Waals surface area contributed by atoms with E-state index in [2.05, 4.69) is 26.3 Å². The van der Waals surface area contributed by atoms with Gasteiger partial charge in [-0.3, -0.25) is 20.0 Å². The largest absolute Gasteiger partial charge is 0.298 e. The summed E-state index contributed by atoms with van der Waals surface area (Å²) in [5, 5.41) is 6.19. The number of hydrogen-bond donors (Lipinski definition) is 1. The van der Waals surface area contributed by atoms with E-state index in [-0.39, 0.29) is 5.91 Å². The molecule has 1 aliphatic rings. The summed E-state index contributed by atoms with van der Waals surface area (Å²) in [4.78, 5) is 28.4. The number of benzene rings is 1. The molecule has 1 N–H and O–H groups in total. The number of aromatic nitrogens is 3. The van der Waals surface area contributed by atoms with Gasteiger partial charge in [-0.2, -0.15) is 0 Å². The third-order valence-corrected chi connectivity index (χ3v) is 6.01. The van der Waals surface area contributed by atoms with Gasteiger partial charge in [-0.25, -0.2) is 9.97 Å². The van der Waals surface area contributed by atoms with E-state index in [0.29, 0.717) is 10.8 Å². The Bertz CT molecular complexity index is 1190. The van der Waals surface area contributed by atoms with Crippen LogP contribution < -0.4 is 5.32 Å². The number of amides is 1. The molecule has 0 bridgehead atoms. The summed E-state index contributed by atoms with van der Waals surface area (Å²) in [6.45, 7) is 3.14. The van der Waals surface area contributed by atoms with Gasteiger partial charge in [0.2, 0.25) is 0 Å². The Labute approximate surface area is 178 Å². The molecule has 6 nitrogen and oxygen atoms in total. The second-order valence-electron chi connectivity index (χ2n) is 7.38. The van der Waals surface area contributed by atoms with Gasteiger partial charge in [0.25, 0.3) is 5.91 Å². The van der Waals surface area contributed by atoms with Crippen LogP contribution >= 0.6 is 11.3 Å². The van der Waals surface area contributed by atoms with Crippen molar-refractivity contribution in [3.05, 3.63) is 71.6 Å². The molecule has 4 aromatic rings. The van der Waals surface area contributed by atoms with E-state index in [4.69, 9.17) is 4.98 Å². The van der Waals surface area contributed by atoms with Gasteiger partial charge in [0.15, 0.2) is 5.13 Å². The zero-order valence-electron chi connectivity index (χ0n) is 16.4. The van der Waals surface area contributed by atoms with Crippen LogP contribution in [-0.4, -0.2) is 38.8 Å². The lowest BCUT2D eigenvalue weighted by molar-refractivity contribution is 0.102. The molecule has 0 radical (unpaired) electrons. The smallest absolute Gasteiger partial charge is 0.276 e. The number of para-hydroxylation sites is 1. The summed E-state index contributed by atoms with van der Waals surface area (Å²) in [6, 6.07) is 13.9. The summed E-state index contributed by atoms with van der Waals surface area (Å²) >= 11 is 1.38. The molecule has 30 heavy (non-hydrogen) atoms. The molecule has 0 atom stereocenters. The van der Waals surface area contributed by atoms with Gasteiger partial charge < -0.3 is 0 Å². The van der Waals surface area contributed by atoms with Crippen molar-refractivity contribution in [2.45, 2.75) is 19.4 Å². The maximum Gasteiger partial charge on any atom is 0.276 e. The number of carbonyl (C=O) groups excluding carboxylic acids is 1. The molecule has 1 aromatic carbocycles. The Morgan fingerprint density at radius 1 is 1.07 bits per heavy atom. The monoisotopic (exact) mass is 415 g/mol. The third-order valence-electron chi connectivity index (χ3n) is 5.32. The van der Waals surface area contributed by atoms with E-state index >= 15 is 0 Å². The first-order chi connectivity index (χ1) is 14.8. The molecule has 0 spiro atoms. The van der Waals surface area contributed by atoms with Crippen molar-refractivity contribution in [2.75, 3.05) is 18.4 Å². The minimum absolute atomic E-state index is 0.258. The zero-order valence-corrected chi connectivity index (χ0v) is 17.2. The minimum Gasteiger partial charge on any atom is -0.298 e. The van der Waals surface area contributed by atoms with Crippen molar-refractivity contribution in [1.29, 1.82) is 0 Å². The minimum atomic E-state index is -0.258. The molecule has 1 amide bonds. The molecular weight excluding hydrogens is 394 g/mol. The van der Waals surface area contributed by atoms with Crippen LogP contribution in [0.1, 0.15) is 29.0 Å². The fourth-order valence-electron chi connectivity index (χ4n) is 3.85. The molecule has 0 saturated carbocycles. The standard InChI is InChI=1S/C23H21N5OS/c29-22(27-23-25-10-13-30-23)20-7-6-16-4-3-5-19(21(16)26-20)17-8-9-24-18(14-17)15-28-11-1-2-12-28/h3-10,13-14H,1-2,11-12,15H2,(H,25,27,29). The van der Waals surface area contributed by atoms with Crippen molar-refractivity contribution < 1.29 is 4.79 Å². The first-order valence-electron chi connectivity index (χ1n) is 10.0. The molecule has 0 unspecified atom stereocenters. The average Bonchev–Trinajstić information content (AvgIpc) is 3.47. The van der Waals surface area contributed by atoms with E-state index < -0.39 is 0 Å². The molecule has 1 aliphatic heterocycles. The Hall–Kier alpha value is -3.16. The topological polar surface area (TPSA) is 71.0 Å². The molecular formula is C23H21N5OS. The summed E-state index contributed by atoms with van der Waals surface area (Å²) < 4.78 is 0. The SMILES string of the molecule is O=C(Nc1nccs1)c1ccc2cccc(-c3ccnc(CN4CCCC4)c3)c2n1. The van der Waals surface area contributed by atoms with E-state index in [1.54, 1.807) is 12.3 Å². The van der Waals surface area contributed by atoms with Crippen LogP contribution in [-0.2, 0) is 6.54 Å². The van der Waals surface area contributed by atoms with Crippen LogP contribution in [0, 0.1) is 0 Å². The number of pyridine rings is 2. The number of hydrogen-bond acceptors (Lipinski definition) is 6. The van der Waals surface area contributed by atoms with E-state index in [1.807, 2.05) is 41.9 Å². The maximum absolute atomic E-state index is 12.6. The highest BCUT2D eigenvalue weighted by Crippen LogP contribution is 2.28. The van der Waals surface area contributed by atoms with Gasteiger partial charge in [-0.1, -0.05) is 24.3 Å². The van der Waals surface area contributed by atoms with Crippen LogP contribution in [0.4, 0.5) is 5.13 Å². The summed E-state index contributed by atoms with van der Waals surface area (Å²) in [7, 11) is 0. The molecule has 1 saturated heterocycles. The number of carbonyl (C=O) groups is 1. The van der Waals surface area contributed by atoms with E-state index in [0.717, 1.165) is 47.4 Å². The predicted octanol–water partition coefficient (Wildman–Crippen LogP) is 4.60. The lowest BCUT2D eigenvalue weighted by Crippen LogP contribution is -2.19. The van der Waals surface area contributed by atoms with Crippen molar-refractivity contribution in [3.63, 3.8) is 0 Å². The zero-order chi connectivity index (χ0) is 20.3. The molecule has 7 heteroatoms. The summed E-state index contributed by atoms with van der Waals surface area (Å²) in [6.07, 6.45) is 6.05. The molecule has 3 aromatic heterocycles.